The van der Waals surface area contributed by atoms with E-state index in [-0.39, 0.29) is 16.7 Å². The Morgan fingerprint density at radius 2 is 1.96 bits per heavy atom. The topological polar surface area (TPSA) is 101 Å². The molecule has 3 heterocycles. The summed E-state index contributed by atoms with van der Waals surface area (Å²) in [5, 5.41) is 5.07. The fourth-order valence-corrected chi connectivity index (χ4v) is 5.16. The molecule has 1 unspecified atom stereocenters. The van der Waals surface area contributed by atoms with Gasteiger partial charge in [-0.05, 0) is 53.4 Å². The third-order valence-electron chi connectivity index (χ3n) is 4.48. The van der Waals surface area contributed by atoms with Crippen LogP contribution in [0.25, 0.3) is 11.1 Å². The summed E-state index contributed by atoms with van der Waals surface area (Å²) in [6.07, 6.45) is 0. The zero-order valence-electron chi connectivity index (χ0n) is 14.2. The quantitative estimate of drug-likeness (QED) is 0.532. The number of nitrogens with zero attached hydrogens (tertiary/aromatic N) is 1. The lowest BCUT2D eigenvalue weighted by Crippen LogP contribution is -2.14. The van der Waals surface area contributed by atoms with Crippen LogP contribution in [-0.4, -0.2) is 19.3 Å². The predicted molar refractivity (Wildman–Crippen MR) is 106 cm³/mol. The molecule has 7 nitrogen and oxygen atoms in total. The van der Waals surface area contributed by atoms with Crippen LogP contribution in [-0.2, 0) is 14.8 Å². The Bertz CT molecular complexity index is 1280. The molecule has 1 atom stereocenters. The van der Waals surface area contributed by atoms with Gasteiger partial charge >= 0.3 is 0 Å². The van der Waals surface area contributed by atoms with Gasteiger partial charge in [0.1, 0.15) is 16.4 Å². The number of carbonyl (C=O) groups is 1. The van der Waals surface area contributed by atoms with Gasteiger partial charge in [0.2, 0.25) is 11.8 Å². The van der Waals surface area contributed by atoms with Gasteiger partial charge in [-0.1, -0.05) is 12.1 Å². The Morgan fingerprint density at radius 1 is 1.11 bits per heavy atom. The maximum Gasteiger partial charge on any atom is 0.262 e. The molecule has 28 heavy (non-hydrogen) atoms. The number of anilines is 2. The van der Waals surface area contributed by atoms with E-state index >= 15 is 0 Å². The van der Waals surface area contributed by atoms with Gasteiger partial charge in [-0.2, -0.15) is 0 Å². The maximum atomic E-state index is 12.7. The molecule has 0 saturated carbocycles. The van der Waals surface area contributed by atoms with E-state index in [1.807, 2.05) is 12.1 Å². The summed E-state index contributed by atoms with van der Waals surface area (Å²) < 4.78 is 33.7. The molecule has 4 aromatic rings. The number of sulfonamides is 1. The summed E-state index contributed by atoms with van der Waals surface area (Å²) in [5.74, 6) is -0.875. The van der Waals surface area contributed by atoms with Crippen molar-refractivity contribution in [2.45, 2.75) is 10.8 Å². The van der Waals surface area contributed by atoms with Gasteiger partial charge in [0.05, 0.1) is 4.90 Å². The largest absolute Gasteiger partial charge is 0.439 e. The summed E-state index contributed by atoms with van der Waals surface area (Å²) >= 11 is 1.29. The molecule has 2 N–H and O–H groups in total. The van der Waals surface area contributed by atoms with Gasteiger partial charge in [-0.25, -0.2) is 13.4 Å². The minimum atomic E-state index is -3.78. The number of para-hydroxylation sites is 2. The first kappa shape index (κ1) is 17.0. The molecule has 5 rings (SSSR count). The number of carbonyl (C=O) groups excluding carboxylic acids is 1. The molecule has 9 heteroatoms. The Kier molecular flexibility index (Phi) is 3.74. The third-order valence-corrected chi connectivity index (χ3v) is 6.76. The molecule has 1 aliphatic heterocycles. The highest BCUT2D eigenvalue weighted by atomic mass is 32.2. The number of fused-ring (bicyclic) bond motifs is 2. The van der Waals surface area contributed by atoms with Gasteiger partial charge < -0.3 is 9.73 Å². The second-order valence-electron chi connectivity index (χ2n) is 6.27. The van der Waals surface area contributed by atoms with Gasteiger partial charge in [-0.3, -0.25) is 9.52 Å². The van der Waals surface area contributed by atoms with Crippen molar-refractivity contribution in [1.82, 2.24) is 4.98 Å². The van der Waals surface area contributed by atoms with Crippen LogP contribution in [0.5, 0.6) is 0 Å². The standard InChI is InChI=1S/C19H13N3O4S2/c23-18-17(19-21-14-4-1-2-5-15(14)26-19)12-10-11(7-8-13(12)20-18)28(24,25)22-16-6-3-9-27-16/h1-10,17,22H,(H,20,23). The number of hydrogen-bond acceptors (Lipinski definition) is 6. The molecule has 0 radical (unpaired) electrons. The van der Waals surface area contributed by atoms with E-state index in [2.05, 4.69) is 15.0 Å². The molecule has 1 amide bonds. The number of rotatable bonds is 4. The van der Waals surface area contributed by atoms with Gasteiger partial charge in [0.15, 0.2) is 5.58 Å². The van der Waals surface area contributed by atoms with E-state index in [0.717, 1.165) is 0 Å². The Labute approximate surface area is 164 Å². The van der Waals surface area contributed by atoms with Crippen molar-refractivity contribution in [2.24, 2.45) is 0 Å². The van der Waals surface area contributed by atoms with Crippen molar-refractivity contribution in [3.05, 3.63) is 71.4 Å². The van der Waals surface area contributed by atoms with Crippen molar-refractivity contribution in [3.63, 3.8) is 0 Å². The average Bonchev–Trinajstić information content (AvgIpc) is 3.37. The Morgan fingerprint density at radius 3 is 2.75 bits per heavy atom. The molecule has 0 bridgehead atoms. The van der Waals surface area contributed by atoms with Crippen LogP contribution in [0.15, 0.2) is 69.3 Å². The number of hydrogen-bond donors (Lipinski definition) is 2. The van der Waals surface area contributed by atoms with E-state index in [0.29, 0.717) is 27.4 Å². The van der Waals surface area contributed by atoms with E-state index in [1.54, 1.807) is 35.7 Å². The first-order valence-corrected chi connectivity index (χ1v) is 10.7. The molecule has 2 aromatic carbocycles. The van der Waals surface area contributed by atoms with Crippen LogP contribution in [0.4, 0.5) is 10.7 Å². The summed E-state index contributed by atoms with van der Waals surface area (Å²) in [6.45, 7) is 0. The van der Waals surface area contributed by atoms with Crippen molar-refractivity contribution < 1.29 is 17.6 Å². The number of nitrogens with one attached hydrogen (secondary N) is 2. The molecule has 2 aromatic heterocycles. The number of benzene rings is 2. The summed E-state index contributed by atoms with van der Waals surface area (Å²) in [4.78, 5) is 17.0. The second kappa shape index (κ2) is 6.18. The maximum absolute atomic E-state index is 12.7. The van der Waals surface area contributed by atoms with E-state index in [1.165, 1.54) is 23.5 Å². The number of oxazole rings is 1. The highest BCUT2D eigenvalue weighted by molar-refractivity contribution is 7.93. The monoisotopic (exact) mass is 411 g/mol. The highest BCUT2D eigenvalue weighted by Gasteiger charge is 2.37. The Hall–Kier alpha value is -3.17. The minimum absolute atomic E-state index is 0.0669. The van der Waals surface area contributed by atoms with Crippen molar-refractivity contribution >= 4 is 49.1 Å². The van der Waals surface area contributed by atoms with Crippen LogP contribution < -0.4 is 10.0 Å². The molecule has 0 spiro atoms. The SMILES string of the molecule is O=C1Nc2ccc(S(=O)(=O)Nc3cccs3)cc2C1c1nc2ccccc2o1. The van der Waals surface area contributed by atoms with E-state index in [4.69, 9.17) is 4.42 Å². The highest BCUT2D eigenvalue weighted by Crippen LogP contribution is 2.39. The van der Waals surface area contributed by atoms with Crippen LogP contribution in [0.3, 0.4) is 0 Å². The van der Waals surface area contributed by atoms with Crippen molar-refractivity contribution in [3.8, 4) is 0 Å². The molecule has 0 fully saturated rings. The van der Waals surface area contributed by atoms with Gasteiger partial charge in [0.25, 0.3) is 10.0 Å². The van der Waals surface area contributed by atoms with E-state index in [9.17, 15) is 13.2 Å². The molecule has 0 saturated heterocycles. The van der Waals surface area contributed by atoms with Gasteiger partial charge in [-0.15, -0.1) is 11.3 Å². The lowest BCUT2D eigenvalue weighted by atomic mass is 10.0. The van der Waals surface area contributed by atoms with Crippen molar-refractivity contribution in [2.75, 3.05) is 10.0 Å². The minimum Gasteiger partial charge on any atom is -0.439 e. The van der Waals surface area contributed by atoms with Crippen LogP contribution in [0.2, 0.25) is 0 Å². The smallest absolute Gasteiger partial charge is 0.262 e. The third kappa shape index (κ3) is 2.76. The zero-order valence-corrected chi connectivity index (χ0v) is 15.9. The number of thiophene rings is 1. The molecule has 0 aliphatic carbocycles. The van der Waals surface area contributed by atoms with Crippen LogP contribution in [0, 0.1) is 0 Å². The second-order valence-corrected chi connectivity index (χ2v) is 8.90. The lowest BCUT2D eigenvalue weighted by Gasteiger charge is -2.09. The average molecular weight is 411 g/mol. The molecule has 1 aliphatic rings. The zero-order chi connectivity index (χ0) is 19.3. The molecule has 140 valence electrons. The molecular weight excluding hydrogens is 398 g/mol. The van der Waals surface area contributed by atoms with Crippen molar-refractivity contribution in [1.29, 1.82) is 0 Å². The fraction of sp³-hybridized carbons (Fsp3) is 0.0526. The lowest BCUT2D eigenvalue weighted by molar-refractivity contribution is -0.116. The number of amides is 1. The first-order chi connectivity index (χ1) is 13.5. The predicted octanol–water partition coefficient (Wildman–Crippen LogP) is 3.77. The van der Waals surface area contributed by atoms with E-state index < -0.39 is 15.9 Å². The van der Waals surface area contributed by atoms with Gasteiger partial charge in [0, 0.05) is 5.69 Å². The molecular formula is C19H13N3O4S2. The summed E-state index contributed by atoms with van der Waals surface area (Å²) in [6, 6.07) is 15.2. The van der Waals surface area contributed by atoms with Crippen LogP contribution >= 0.6 is 11.3 Å². The van der Waals surface area contributed by atoms with Crippen LogP contribution in [0.1, 0.15) is 17.4 Å². The normalized spacial score (nSPS) is 16.1. The summed E-state index contributed by atoms with van der Waals surface area (Å²) in [5.41, 5.74) is 2.28. The first-order valence-electron chi connectivity index (χ1n) is 8.38. The Balaban J connectivity index is 1.57. The summed E-state index contributed by atoms with van der Waals surface area (Å²) in [7, 11) is -3.78. The fourth-order valence-electron chi connectivity index (χ4n) is 3.19. The number of aromatic nitrogens is 1.